The second-order valence-electron chi connectivity index (χ2n) is 16.4. The lowest BCUT2D eigenvalue weighted by atomic mass is 9.97. The zero-order chi connectivity index (χ0) is 36.3. The summed E-state index contributed by atoms with van der Waals surface area (Å²) in [6, 6.07) is 0. The number of hydrogen-bond acceptors (Lipinski definition) is 3. The first-order valence-corrected chi connectivity index (χ1v) is 22.0. The predicted octanol–water partition coefficient (Wildman–Crippen LogP) is 13.0. The van der Waals surface area contributed by atoms with E-state index in [9.17, 15) is 9.59 Å². The molecule has 0 spiro atoms. The predicted molar refractivity (Wildman–Crippen MR) is 216 cm³/mol. The normalized spacial score (nSPS) is 12.9. The summed E-state index contributed by atoms with van der Waals surface area (Å²) in [4.78, 5) is 28.4. The standard InChI is InChI=1S/C44H89N3O2/c1-7-9-10-11-12-13-14-15-16-17-21-24-27-30-33-36-42(48)45-44(38-8-2,39-40-47(5)6)46-43(49)37-34-31-28-25-22-19-18-20-23-26-29-32-35-41(3)4/h41H,7-40H2,1-6H3,(H,45,48)(H,46,49). The number of unbranched alkanes of at least 4 members (excludes halogenated alkanes) is 25. The average Bonchev–Trinajstić information content (AvgIpc) is 3.05. The summed E-state index contributed by atoms with van der Waals surface area (Å²) in [5.41, 5.74) is -0.642. The first kappa shape index (κ1) is 47.9. The second-order valence-corrected chi connectivity index (χ2v) is 16.4. The zero-order valence-electron chi connectivity index (χ0n) is 34.4. The van der Waals surface area contributed by atoms with Crippen molar-refractivity contribution >= 4 is 11.8 Å². The van der Waals surface area contributed by atoms with Gasteiger partial charge in [0.15, 0.2) is 0 Å². The molecule has 0 bridgehead atoms. The summed E-state index contributed by atoms with van der Waals surface area (Å²) in [6.07, 6.45) is 40.5. The molecule has 1 unspecified atom stereocenters. The van der Waals surface area contributed by atoms with Crippen molar-refractivity contribution in [2.45, 2.75) is 245 Å². The Morgan fingerprint density at radius 1 is 0.469 bits per heavy atom. The van der Waals surface area contributed by atoms with Crippen molar-refractivity contribution in [2.75, 3.05) is 20.6 Å². The van der Waals surface area contributed by atoms with Gasteiger partial charge in [-0.1, -0.05) is 201 Å². The molecule has 0 heterocycles. The fourth-order valence-corrected chi connectivity index (χ4v) is 7.17. The van der Waals surface area contributed by atoms with Gasteiger partial charge in [-0.25, -0.2) is 0 Å². The van der Waals surface area contributed by atoms with E-state index in [1.165, 1.54) is 154 Å². The lowest BCUT2D eigenvalue weighted by molar-refractivity contribution is -0.127. The Kier molecular flexibility index (Phi) is 34.5. The number of nitrogens with zero attached hydrogens (tertiary/aromatic N) is 1. The minimum atomic E-state index is -0.642. The third-order valence-electron chi connectivity index (χ3n) is 10.4. The van der Waals surface area contributed by atoms with Crippen LogP contribution in [0.25, 0.3) is 0 Å². The van der Waals surface area contributed by atoms with E-state index in [0.717, 1.165) is 57.4 Å². The molecule has 0 aliphatic heterocycles. The highest BCUT2D eigenvalue weighted by Crippen LogP contribution is 2.19. The SMILES string of the molecule is CCCCCCCCCCCCCCCCCC(=O)NC(CCC)(CCN(C)C)NC(=O)CCCCCCCCCCCCCCC(C)C. The van der Waals surface area contributed by atoms with Crippen molar-refractivity contribution in [1.29, 1.82) is 0 Å². The van der Waals surface area contributed by atoms with Crippen molar-refractivity contribution in [3.05, 3.63) is 0 Å². The van der Waals surface area contributed by atoms with Gasteiger partial charge in [0.2, 0.25) is 11.8 Å². The molecule has 0 aliphatic rings. The fraction of sp³-hybridized carbons (Fsp3) is 0.955. The molecule has 49 heavy (non-hydrogen) atoms. The molecule has 2 N–H and O–H groups in total. The molecule has 0 saturated heterocycles. The van der Waals surface area contributed by atoms with Gasteiger partial charge in [-0.2, -0.15) is 0 Å². The van der Waals surface area contributed by atoms with Gasteiger partial charge < -0.3 is 15.5 Å². The van der Waals surface area contributed by atoms with Crippen LogP contribution in [0.15, 0.2) is 0 Å². The maximum Gasteiger partial charge on any atom is 0.221 e. The highest BCUT2D eigenvalue weighted by molar-refractivity contribution is 5.80. The van der Waals surface area contributed by atoms with Crippen molar-refractivity contribution in [1.82, 2.24) is 15.5 Å². The van der Waals surface area contributed by atoms with Crippen molar-refractivity contribution < 1.29 is 9.59 Å². The Bertz CT molecular complexity index is 725. The molecular formula is C44H89N3O2. The van der Waals surface area contributed by atoms with Crippen molar-refractivity contribution in [3.8, 4) is 0 Å². The molecule has 1 atom stereocenters. The van der Waals surface area contributed by atoms with Crippen molar-refractivity contribution in [2.24, 2.45) is 5.92 Å². The fourth-order valence-electron chi connectivity index (χ4n) is 7.17. The Hall–Kier alpha value is -1.10. The van der Waals surface area contributed by atoms with Crippen LogP contribution in [0.1, 0.15) is 240 Å². The van der Waals surface area contributed by atoms with E-state index in [4.69, 9.17) is 0 Å². The van der Waals surface area contributed by atoms with E-state index in [-0.39, 0.29) is 11.8 Å². The van der Waals surface area contributed by atoms with Gasteiger partial charge in [-0.3, -0.25) is 9.59 Å². The monoisotopic (exact) mass is 692 g/mol. The van der Waals surface area contributed by atoms with Crippen molar-refractivity contribution in [3.63, 3.8) is 0 Å². The number of nitrogens with one attached hydrogen (secondary N) is 2. The average molecular weight is 692 g/mol. The molecule has 0 radical (unpaired) electrons. The molecule has 0 rings (SSSR count). The molecule has 0 aromatic heterocycles. The van der Waals surface area contributed by atoms with E-state index < -0.39 is 5.66 Å². The van der Waals surface area contributed by atoms with Gasteiger partial charge in [0, 0.05) is 25.8 Å². The van der Waals surface area contributed by atoms with E-state index in [1.54, 1.807) is 0 Å². The van der Waals surface area contributed by atoms with E-state index in [1.807, 2.05) is 0 Å². The molecule has 292 valence electrons. The Morgan fingerprint density at radius 3 is 1.10 bits per heavy atom. The molecule has 5 heteroatoms. The Morgan fingerprint density at radius 2 is 0.796 bits per heavy atom. The van der Waals surface area contributed by atoms with Gasteiger partial charge in [0.05, 0.1) is 0 Å². The highest BCUT2D eigenvalue weighted by atomic mass is 16.2. The lowest BCUT2D eigenvalue weighted by Gasteiger charge is -2.37. The summed E-state index contributed by atoms with van der Waals surface area (Å²) in [5, 5.41) is 6.65. The number of carbonyl (C=O) groups is 2. The topological polar surface area (TPSA) is 61.4 Å². The van der Waals surface area contributed by atoms with Crippen LogP contribution in [0, 0.1) is 5.92 Å². The van der Waals surface area contributed by atoms with Crippen LogP contribution >= 0.6 is 0 Å². The van der Waals surface area contributed by atoms with Gasteiger partial charge >= 0.3 is 0 Å². The number of rotatable bonds is 38. The van der Waals surface area contributed by atoms with Gasteiger partial charge in [-0.05, 0) is 39.3 Å². The summed E-state index contributed by atoms with van der Waals surface area (Å²) in [5.74, 6) is 1.03. The van der Waals surface area contributed by atoms with Crippen LogP contribution in [0.5, 0.6) is 0 Å². The maximum absolute atomic E-state index is 13.1. The minimum absolute atomic E-state index is 0.0906. The molecule has 0 aromatic carbocycles. The molecule has 0 aliphatic carbocycles. The zero-order valence-corrected chi connectivity index (χ0v) is 34.4. The Balaban J connectivity index is 4.18. The number of carbonyl (C=O) groups excluding carboxylic acids is 2. The summed E-state index contributed by atoms with van der Waals surface area (Å²) < 4.78 is 0. The number of amides is 2. The third-order valence-corrected chi connectivity index (χ3v) is 10.4. The number of hydrogen-bond donors (Lipinski definition) is 2. The summed E-state index contributed by atoms with van der Waals surface area (Å²) in [7, 11) is 4.12. The molecule has 5 nitrogen and oxygen atoms in total. The molecule has 2 amide bonds. The molecule has 0 saturated carbocycles. The molecule has 0 fully saturated rings. The van der Waals surface area contributed by atoms with Gasteiger partial charge in [-0.15, -0.1) is 0 Å². The summed E-state index contributed by atoms with van der Waals surface area (Å²) in [6.45, 7) is 9.91. The van der Waals surface area contributed by atoms with Gasteiger partial charge in [0.25, 0.3) is 0 Å². The smallest absolute Gasteiger partial charge is 0.221 e. The van der Waals surface area contributed by atoms with Crippen LogP contribution in [0.3, 0.4) is 0 Å². The lowest BCUT2D eigenvalue weighted by Crippen LogP contribution is -2.61. The van der Waals surface area contributed by atoms with E-state index in [0.29, 0.717) is 12.8 Å². The maximum atomic E-state index is 13.1. The van der Waals surface area contributed by atoms with Crippen LogP contribution in [0.4, 0.5) is 0 Å². The first-order chi connectivity index (χ1) is 23.7. The first-order valence-electron chi connectivity index (χ1n) is 22.0. The quantitative estimate of drug-likeness (QED) is 0.0500. The van der Waals surface area contributed by atoms with Crippen LogP contribution in [0.2, 0.25) is 0 Å². The van der Waals surface area contributed by atoms with Gasteiger partial charge in [0.1, 0.15) is 5.66 Å². The molecular weight excluding hydrogens is 603 g/mol. The summed E-state index contributed by atoms with van der Waals surface area (Å²) >= 11 is 0. The third kappa shape index (κ3) is 33.8. The highest BCUT2D eigenvalue weighted by Gasteiger charge is 2.32. The van der Waals surface area contributed by atoms with Crippen LogP contribution < -0.4 is 10.6 Å². The Labute approximate surface area is 308 Å². The minimum Gasteiger partial charge on any atom is -0.333 e. The van der Waals surface area contributed by atoms with E-state index in [2.05, 4.69) is 57.3 Å². The van der Waals surface area contributed by atoms with Crippen LogP contribution in [-0.4, -0.2) is 43.0 Å². The largest absolute Gasteiger partial charge is 0.333 e. The second kappa shape index (κ2) is 35.3. The van der Waals surface area contributed by atoms with Crippen LogP contribution in [-0.2, 0) is 9.59 Å². The molecule has 0 aromatic rings. The van der Waals surface area contributed by atoms with E-state index >= 15 is 0 Å².